The van der Waals surface area contributed by atoms with Crippen LogP contribution in [0.1, 0.15) is 168 Å². The van der Waals surface area contributed by atoms with Crippen molar-refractivity contribution in [3.63, 3.8) is 0 Å². The number of amides is 1. The summed E-state index contributed by atoms with van der Waals surface area (Å²) in [5.41, 5.74) is 0. The topological polar surface area (TPSA) is 226 Å². The van der Waals surface area contributed by atoms with Gasteiger partial charge in [-0.15, -0.1) is 0 Å². The highest BCUT2D eigenvalue weighted by atomic mass is 31.2. The average Bonchev–Trinajstić information content (AvgIpc) is 3.18. The van der Waals surface area contributed by atoms with Crippen molar-refractivity contribution in [2.75, 3.05) is 6.61 Å². The van der Waals surface area contributed by atoms with Crippen molar-refractivity contribution in [3.05, 3.63) is 36.5 Å². The largest absolute Gasteiger partial charge is 0.472 e. The third-order valence-electron chi connectivity index (χ3n) is 10.6. The molecule has 0 aromatic carbocycles. The summed E-state index contributed by atoms with van der Waals surface area (Å²) in [5.74, 6) is -0.609. The van der Waals surface area contributed by atoms with E-state index in [1.807, 2.05) is 19.1 Å². The summed E-state index contributed by atoms with van der Waals surface area (Å²) in [6.45, 7) is 3.47. The van der Waals surface area contributed by atoms with E-state index in [0.29, 0.717) is 19.3 Å². The zero-order chi connectivity index (χ0) is 42.3. The first-order chi connectivity index (χ1) is 27.3. The van der Waals surface area contributed by atoms with Crippen LogP contribution in [-0.4, -0.2) is 108 Å². The first-order valence-electron chi connectivity index (χ1n) is 22.0. The van der Waals surface area contributed by atoms with Gasteiger partial charge in [-0.25, -0.2) is 4.57 Å². The SMILES string of the molecule is C/C=C/CC/C=C/CC/C=C/C(O)C(COP(=O)(O)OC1C(O)C(O)C(O)C(O)C1O)NC(=O)CC(O)CCCCCCCCCCCCCCCCCCCC. The Morgan fingerprint density at radius 2 is 1.07 bits per heavy atom. The molecule has 0 spiro atoms. The summed E-state index contributed by atoms with van der Waals surface area (Å²) in [6, 6.07) is -1.26. The summed E-state index contributed by atoms with van der Waals surface area (Å²) in [4.78, 5) is 23.3. The van der Waals surface area contributed by atoms with Crippen LogP contribution < -0.4 is 5.32 Å². The Bertz CT molecular complexity index is 1120. The number of hydrogen-bond acceptors (Lipinski definition) is 11. The van der Waals surface area contributed by atoms with E-state index >= 15 is 0 Å². The molecule has 0 aromatic heterocycles. The molecule has 14 heteroatoms. The smallest absolute Gasteiger partial charge is 0.393 e. The lowest BCUT2D eigenvalue weighted by Crippen LogP contribution is -2.64. The number of aliphatic hydroxyl groups excluding tert-OH is 7. The van der Waals surface area contributed by atoms with Crippen LogP contribution in [0, 0.1) is 0 Å². The van der Waals surface area contributed by atoms with Gasteiger partial charge in [0.25, 0.3) is 0 Å². The number of aliphatic hydroxyl groups is 7. The zero-order valence-corrected chi connectivity index (χ0v) is 35.9. The fourth-order valence-corrected chi connectivity index (χ4v) is 7.89. The lowest BCUT2D eigenvalue weighted by Gasteiger charge is -2.41. The van der Waals surface area contributed by atoms with E-state index in [2.05, 4.69) is 24.4 Å². The Morgan fingerprint density at radius 3 is 1.54 bits per heavy atom. The number of allylic oxidation sites excluding steroid dienone is 5. The lowest BCUT2D eigenvalue weighted by atomic mass is 9.85. The summed E-state index contributed by atoms with van der Waals surface area (Å²) in [7, 11) is -5.14. The fourth-order valence-electron chi connectivity index (χ4n) is 6.93. The Morgan fingerprint density at radius 1 is 0.649 bits per heavy atom. The molecular weight excluding hydrogens is 753 g/mol. The summed E-state index contributed by atoms with van der Waals surface area (Å²) in [5, 5.41) is 74.1. The van der Waals surface area contributed by atoms with E-state index < -0.39 is 75.2 Å². The monoisotopic (exact) mass is 834 g/mol. The van der Waals surface area contributed by atoms with Gasteiger partial charge < -0.3 is 46.0 Å². The van der Waals surface area contributed by atoms with Crippen LogP contribution in [0.15, 0.2) is 36.5 Å². The van der Waals surface area contributed by atoms with Gasteiger partial charge in [0.2, 0.25) is 5.91 Å². The highest BCUT2D eigenvalue weighted by Crippen LogP contribution is 2.47. The number of nitrogens with one attached hydrogen (secondary N) is 1. The van der Waals surface area contributed by atoms with E-state index in [4.69, 9.17) is 9.05 Å². The number of phosphoric acid groups is 1. The maximum Gasteiger partial charge on any atom is 0.472 e. The summed E-state index contributed by atoms with van der Waals surface area (Å²) in [6.07, 6.45) is 22.9. The maximum absolute atomic E-state index is 12.9. The minimum atomic E-state index is -5.14. The molecule has 0 bridgehead atoms. The molecule has 0 aromatic rings. The molecule has 57 heavy (non-hydrogen) atoms. The highest BCUT2D eigenvalue weighted by molar-refractivity contribution is 7.47. The van der Waals surface area contributed by atoms with Gasteiger partial charge in [0, 0.05) is 0 Å². The molecule has 1 aliphatic carbocycles. The van der Waals surface area contributed by atoms with Crippen LogP contribution in [0.4, 0.5) is 0 Å². The van der Waals surface area contributed by atoms with Crippen LogP contribution >= 0.6 is 7.82 Å². The van der Waals surface area contributed by atoms with Crippen LogP contribution in [-0.2, 0) is 18.4 Å². The predicted molar refractivity (Wildman–Crippen MR) is 224 cm³/mol. The van der Waals surface area contributed by atoms with Gasteiger partial charge >= 0.3 is 7.82 Å². The fraction of sp³-hybridized carbons (Fsp3) is 0.837. The van der Waals surface area contributed by atoms with E-state index in [1.165, 1.54) is 96.0 Å². The van der Waals surface area contributed by atoms with Gasteiger partial charge in [-0.2, -0.15) is 0 Å². The molecule has 0 aliphatic heterocycles. The van der Waals surface area contributed by atoms with Crippen molar-refractivity contribution in [1.82, 2.24) is 5.32 Å². The van der Waals surface area contributed by atoms with Crippen molar-refractivity contribution < 1.29 is 59.0 Å². The normalized spacial score (nSPS) is 24.3. The first kappa shape index (κ1) is 53.5. The second-order valence-electron chi connectivity index (χ2n) is 15.7. The molecule has 0 heterocycles. The zero-order valence-electron chi connectivity index (χ0n) is 35.0. The van der Waals surface area contributed by atoms with E-state index in [9.17, 15) is 50.0 Å². The molecule has 1 fully saturated rings. The number of carbonyl (C=O) groups is 1. The van der Waals surface area contributed by atoms with Gasteiger partial charge in [0.05, 0.1) is 31.3 Å². The van der Waals surface area contributed by atoms with Crippen LogP contribution in [0.5, 0.6) is 0 Å². The molecule has 1 amide bonds. The van der Waals surface area contributed by atoms with E-state index in [0.717, 1.165) is 38.5 Å². The molecule has 334 valence electrons. The molecule has 8 unspecified atom stereocenters. The third-order valence-corrected chi connectivity index (χ3v) is 11.5. The number of carbonyl (C=O) groups excluding carboxylic acids is 1. The molecular formula is C43H80NO12P. The average molecular weight is 834 g/mol. The van der Waals surface area contributed by atoms with Crippen molar-refractivity contribution in [2.24, 2.45) is 0 Å². The molecule has 0 saturated heterocycles. The second kappa shape index (κ2) is 33.3. The molecule has 1 rings (SSSR count). The standard InChI is InChI=1S/C43H80NO12P/c1-3-5-7-9-11-13-14-15-16-17-18-19-20-21-23-24-26-28-30-34(45)32-37(47)44-35(36(46)31-29-27-25-22-12-10-8-6-4-2)33-55-57(53,54)56-43-41(51)39(49)38(48)40(50)42(43)52/h4,6,12,22,29,31,34-36,38-43,45-46,48-52H,3,5,7-11,13-21,23-28,30,32-33H2,1-2H3,(H,44,47)(H,53,54)/b6-4+,22-12+,31-29+. The lowest BCUT2D eigenvalue weighted by molar-refractivity contribution is -0.220. The summed E-state index contributed by atoms with van der Waals surface area (Å²) >= 11 is 0. The molecule has 0 radical (unpaired) electrons. The van der Waals surface area contributed by atoms with E-state index in [1.54, 1.807) is 6.08 Å². The highest BCUT2D eigenvalue weighted by Gasteiger charge is 2.51. The number of hydrogen-bond donors (Lipinski definition) is 9. The van der Waals surface area contributed by atoms with Gasteiger partial charge in [-0.3, -0.25) is 13.8 Å². The molecule has 9 N–H and O–H groups in total. The minimum absolute atomic E-state index is 0.254. The number of rotatable bonds is 35. The van der Waals surface area contributed by atoms with Crippen molar-refractivity contribution >= 4 is 13.7 Å². The number of phosphoric ester groups is 1. The Labute approximate surface area is 343 Å². The van der Waals surface area contributed by atoms with Crippen molar-refractivity contribution in [2.45, 2.75) is 223 Å². The predicted octanol–water partition coefficient (Wildman–Crippen LogP) is 6.58. The molecule has 1 aliphatic rings. The molecule has 8 atom stereocenters. The first-order valence-corrected chi connectivity index (χ1v) is 23.5. The quantitative estimate of drug-likeness (QED) is 0.0187. The minimum Gasteiger partial charge on any atom is -0.393 e. The summed E-state index contributed by atoms with van der Waals surface area (Å²) < 4.78 is 22.7. The van der Waals surface area contributed by atoms with E-state index in [-0.39, 0.29) is 6.42 Å². The Hall–Kier alpha value is -1.48. The van der Waals surface area contributed by atoms with Gasteiger partial charge in [0.1, 0.15) is 36.6 Å². The molecule has 1 saturated carbocycles. The van der Waals surface area contributed by atoms with Crippen LogP contribution in [0.25, 0.3) is 0 Å². The Balaban J connectivity index is 2.49. The second-order valence-corrected chi connectivity index (χ2v) is 17.1. The van der Waals surface area contributed by atoms with Crippen LogP contribution in [0.3, 0.4) is 0 Å². The maximum atomic E-state index is 12.9. The van der Waals surface area contributed by atoms with Gasteiger partial charge in [-0.05, 0) is 39.0 Å². The third kappa shape index (κ3) is 25.7. The molecule has 13 nitrogen and oxygen atoms in total. The number of unbranched alkanes of at least 4 members (excludes halogenated alkanes) is 19. The van der Waals surface area contributed by atoms with Crippen molar-refractivity contribution in [3.8, 4) is 0 Å². The Kier molecular flexibility index (Phi) is 31.2. The van der Waals surface area contributed by atoms with Gasteiger partial charge in [0.15, 0.2) is 0 Å². The van der Waals surface area contributed by atoms with Crippen LogP contribution in [0.2, 0.25) is 0 Å². The van der Waals surface area contributed by atoms with Gasteiger partial charge in [-0.1, -0.05) is 159 Å². The van der Waals surface area contributed by atoms with Crippen molar-refractivity contribution in [1.29, 1.82) is 0 Å².